The summed E-state index contributed by atoms with van der Waals surface area (Å²) in [5, 5.41) is 24.9. The second kappa shape index (κ2) is 5.72. The summed E-state index contributed by atoms with van der Waals surface area (Å²) in [6.45, 7) is 0.654. The van der Waals surface area contributed by atoms with E-state index in [0.29, 0.717) is 17.5 Å². The van der Waals surface area contributed by atoms with E-state index in [4.69, 9.17) is 9.84 Å². The molecule has 2 aromatic rings. The van der Waals surface area contributed by atoms with Crippen molar-refractivity contribution in [1.82, 2.24) is 9.78 Å². The molecule has 116 valence electrons. The van der Waals surface area contributed by atoms with Gasteiger partial charge >= 0.3 is 5.97 Å². The van der Waals surface area contributed by atoms with Crippen LogP contribution in [0, 0.1) is 10.1 Å². The van der Waals surface area contributed by atoms with Crippen LogP contribution in [0.2, 0.25) is 0 Å². The van der Waals surface area contributed by atoms with Crippen LogP contribution in [0.15, 0.2) is 18.3 Å². The molecule has 1 N–H and O–H groups in total. The zero-order valence-corrected chi connectivity index (χ0v) is 11.8. The largest absolute Gasteiger partial charge is 0.481 e. The summed E-state index contributed by atoms with van der Waals surface area (Å²) in [7, 11) is 0. The van der Waals surface area contributed by atoms with Gasteiger partial charge in [0.1, 0.15) is 0 Å². The van der Waals surface area contributed by atoms with Crippen molar-refractivity contribution in [3.05, 3.63) is 34.0 Å². The standard InChI is InChI=1S/C14H15N3O5/c18-14(19)7-9-10-8-15-16(13-3-1-2-6-22-13)11(10)4-5-12(9)17(20)21/h4-5,8,13H,1-3,6-7H2,(H,18,19). The molecule has 1 aliphatic rings. The molecule has 8 nitrogen and oxygen atoms in total. The van der Waals surface area contributed by atoms with Crippen molar-refractivity contribution in [3.8, 4) is 0 Å². The number of fused-ring (bicyclic) bond motifs is 1. The Morgan fingerprint density at radius 1 is 1.50 bits per heavy atom. The first-order valence-electron chi connectivity index (χ1n) is 7.05. The molecule has 8 heteroatoms. The maximum atomic E-state index is 11.1. The lowest BCUT2D eigenvalue weighted by Crippen LogP contribution is -2.19. The van der Waals surface area contributed by atoms with Gasteiger partial charge in [-0.2, -0.15) is 5.10 Å². The molecule has 3 rings (SSSR count). The Morgan fingerprint density at radius 3 is 2.95 bits per heavy atom. The van der Waals surface area contributed by atoms with Gasteiger partial charge in [0.05, 0.1) is 28.6 Å². The number of carboxylic acid groups (broad SMARTS) is 1. The highest BCUT2D eigenvalue weighted by atomic mass is 16.6. The van der Waals surface area contributed by atoms with E-state index < -0.39 is 17.3 Å². The molecule has 0 spiro atoms. The highest BCUT2D eigenvalue weighted by Crippen LogP contribution is 2.32. The molecule has 1 aromatic heterocycles. The number of hydrogen-bond acceptors (Lipinski definition) is 5. The van der Waals surface area contributed by atoms with Crippen molar-refractivity contribution in [3.63, 3.8) is 0 Å². The highest BCUT2D eigenvalue weighted by Gasteiger charge is 2.24. The molecule has 0 amide bonds. The summed E-state index contributed by atoms with van der Waals surface area (Å²) in [5.74, 6) is -1.11. The third kappa shape index (κ3) is 2.52. The van der Waals surface area contributed by atoms with Gasteiger partial charge in [-0.1, -0.05) is 0 Å². The van der Waals surface area contributed by atoms with Crippen LogP contribution < -0.4 is 0 Å². The van der Waals surface area contributed by atoms with Gasteiger partial charge in [-0.3, -0.25) is 14.9 Å². The summed E-state index contributed by atoms with van der Waals surface area (Å²) >= 11 is 0. The second-order valence-electron chi connectivity index (χ2n) is 5.23. The molecule has 1 aromatic carbocycles. The molecule has 0 saturated carbocycles. The SMILES string of the molecule is O=C(O)Cc1c([N+](=O)[O-])ccc2c1cnn2C1CCCCO1. The number of aliphatic carboxylic acids is 1. The lowest BCUT2D eigenvalue weighted by Gasteiger charge is -2.23. The van der Waals surface area contributed by atoms with E-state index in [1.807, 2.05) is 0 Å². The third-order valence-electron chi connectivity index (χ3n) is 3.82. The predicted octanol–water partition coefficient (Wildman–Crippen LogP) is 2.27. The van der Waals surface area contributed by atoms with Crippen molar-refractivity contribution < 1.29 is 19.6 Å². The van der Waals surface area contributed by atoms with Crippen LogP contribution in [0.3, 0.4) is 0 Å². The van der Waals surface area contributed by atoms with Crippen molar-refractivity contribution >= 4 is 22.6 Å². The molecule has 0 aliphatic carbocycles. The monoisotopic (exact) mass is 305 g/mol. The quantitative estimate of drug-likeness (QED) is 0.685. The number of nitro benzene ring substituents is 1. The average molecular weight is 305 g/mol. The molecule has 22 heavy (non-hydrogen) atoms. The van der Waals surface area contributed by atoms with Gasteiger partial charge in [0.25, 0.3) is 5.69 Å². The first kappa shape index (κ1) is 14.5. The van der Waals surface area contributed by atoms with Gasteiger partial charge in [-0.05, 0) is 25.3 Å². The molecule has 1 fully saturated rings. The fourth-order valence-electron chi connectivity index (χ4n) is 2.82. The zero-order chi connectivity index (χ0) is 15.7. The third-order valence-corrected chi connectivity index (χ3v) is 3.82. The van der Waals surface area contributed by atoms with Crippen LogP contribution in [0.1, 0.15) is 31.1 Å². The van der Waals surface area contributed by atoms with E-state index in [0.717, 1.165) is 19.3 Å². The summed E-state index contributed by atoms with van der Waals surface area (Å²) in [6.07, 6.45) is 3.73. The molecule has 1 saturated heterocycles. The Balaban J connectivity index is 2.12. The van der Waals surface area contributed by atoms with Crippen LogP contribution >= 0.6 is 0 Å². The highest BCUT2D eigenvalue weighted by molar-refractivity contribution is 5.89. The summed E-state index contributed by atoms with van der Waals surface area (Å²) in [5.41, 5.74) is 0.643. The van der Waals surface area contributed by atoms with Gasteiger partial charge < -0.3 is 9.84 Å². The van der Waals surface area contributed by atoms with E-state index in [1.165, 1.54) is 12.3 Å². The van der Waals surface area contributed by atoms with Gasteiger partial charge in [-0.15, -0.1) is 0 Å². The van der Waals surface area contributed by atoms with Crippen molar-refractivity contribution in [2.24, 2.45) is 0 Å². The number of hydrogen-bond donors (Lipinski definition) is 1. The average Bonchev–Trinajstić information content (AvgIpc) is 2.92. The molecule has 1 unspecified atom stereocenters. The minimum Gasteiger partial charge on any atom is -0.481 e. The summed E-state index contributed by atoms with van der Waals surface area (Å²) in [4.78, 5) is 21.6. The first-order valence-corrected chi connectivity index (χ1v) is 7.05. The van der Waals surface area contributed by atoms with Gasteiger partial charge in [0, 0.05) is 18.1 Å². The Bertz CT molecular complexity index is 733. The Kier molecular flexibility index (Phi) is 3.76. The van der Waals surface area contributed by atoms with Crippen LogP contribution in [0.5, 0.6) is 0 Å². The number of benzene rings is 1. The van der Waals surface area contributed by atoms with E-state index >= 15 is 0 Å². The lowest BCUT2D eigenvalue weighted by molar-refractivity contribution is -0.385. The van der Waals surface area contributed by atoms with E-state index in [9.17, 15) is 14.9 Å². The smallest absolute Gasteiger partial charge is 0.308 e. The number of nitro groups is 1. The molecule has 1 aliphatic heterocycles. The maximum absolute atomic E-state index is 11.1. The Morgan fingerprint density at radius 2 is 2.32 bits per heavy atom. The van der Waals surface area contributed by atoms with E-state index in [2.05, 4.69) is 5.10 Å². The fourth-order valence-corrected chi connectivity index (χ4v) is 2.82. The van der Waals surface area contributed by atoms with Crippen molar-refractivity contribution in [2.45, 2.75) is 31.9 Å². The molecular weight excluding hydrogens is 290 g/mol. The number of carbonyl (C=O) groups is 1. The van der Waals surface area contributed by atoms with Crippen LogP contribution in [0.4, 0.5) is 5.69 Å². The van der Waals surface area contributed by atoms with Gasteiger partial charge in [0.2, 0.25) is 0 Å². The second-order valence-corrected chi connectivity index (χ2v) is 5.23. The number of nitrogens with zero attached hydrogens (tertiary/aromatic N) is 3. The molecular formula is C14H15N3O5. The van der Waals surface area contributed by atoms with Gasteiger partial charge in [-0.25, -0.2) is 4.68 Å². The van der Waals surface area contributed by atoms with Crippen LogP contribution in [-0.4, -0.2) is 32.4 Å². The lowest BCUT2D eigenvalue weighted by atomic mass is 10.0. The zero-order valence-electron chi connectivity index (χ0n) is 11.8. The fraction of sp³-hybridized carbons (Fsp3) is 0.429. The first-order chi connectivity index (χ1) is 10.6. The van der Waals surface area contributed by atoms with Crippen LogP contribution in [0.25, 0.3) is 10.9 Å². The van der Waals surface area contributed by atoms with Crippen LogP contribution in [-0.2, 0) is 16.0 Å². The van der Waals surface area contributed by atoms with Crippen molar-refractivity contribution in [2.75, 3.05) is 6.61 Å². The Hall–Kier alpha value is -2.48. The summed E-state index contributed by atoms with van der Waals surface area (Å²) < 4.78 is 7.36. The number of ether oxygens (including phenoxy) is 1. The minimum atomic E-state index is -1.11. The Labute approximate surface area is 125 Å². The molecule has 0 bridgehead atoms. The minimum absolute atomic E-state index is 0.178. The number of carboxylic acids is 1. The number of aromatic nitrogens is 2. The normalized spacial score (nSPS) is 18.5. The van der Waals surface area contributed by atoms with E-state index in [-0.39, 0.29) is 17.5 Å². The molecule has 1 atom stereocenters. The van der Waals surface area contributed by atoms with Crippen molar-refractivity contribution in [1.29, 1.82) is 0 Å². The molecule has 2 heterocycles. The predicted molar refractivity (Wildman–Crippen MR) is 76.6 cm³/mol. The maximum Gasteiger partial charge on any atom is 0.308 e. The summed E-state index contributed by atoms with van der Waals surface area (Å²) in [6, 6.07) is 2.94. The molecule has 0 radical (unpaired) electrons. The van der Waals surface area contributed by atoms with E-state index in [1.54, 1.807) is 10.7 Å². The van der Waals surface area contributed by atoms with Gasteiger partial charge in [0.15, 0.2) is 6.23 Å². The number of rotatable bonds is 4. The topological polar surface area (TPSA) is 107 Å².